The molecule has 5 rings (SSSR count). The summed E-state index contributed by atoms with van der Waals surface area (Å²) in [7, 11) is 0. The standard InChI is InChI=1S/C25H27N3O5/c29-23-9-8-21(24(30)26-23)28-15-20-19(25(28)31)2-1-3-22(20)33-16-18-6-4-17(5-7-18)14-27-10-12-32-13-11-27/h1-7,21H,8-16H2,(H,26,29,30)/t21-/m1/s1/i8D2,9D2,16D2,21D. The van der Waals surface area contributed by atoms with Gasteiger partial charge in [0.25, 0.3) is 5.91 Å². The molecule has 2 fully saturated rings. The predicted molar refractivity (Wildman–Crippen MR) is 119 cm³/mol. The number of carbonyl (C=O) groups excluding carboxylic acids is 3. The van der Waals surface area contributed by atoms with Crippen molar-refractivity contribution in [3.8, 4) is 5.75 Å². The van der Waals surface area contributed by atoms with Gasteiger partial charge in [-0.05, 0) is 29.6 Å². The van der Waals surface area contributed by atoms with Gasteiger partial charge < -0.3 is 14.4 Å². The second kappa shape index (κ2) is 9.33. The van der Waals surface area contributed by atoms with Gasteiger partial charge >= 0.3 is 0 Å². The molecule has 8 nitrogen and oxygen atoms in total. The van der Waals surface area contributed by atoms with Gasteiger partial charge in [-0.2, -0.15) is 0 Å². The van der Waals surface area contributed by atoms with Crippen LogP contribution in [0.1, 0.15) is 49.4 Å². The van der Waals surface area contributed by atoms with Gasteiger partial charge in [0.1, 0.15) is 18.3 Å². The fourth-order valence-electron chi connectivity index (χ4n) is 3.95. The van der Waals surface area contributed by atoms with Gasteiger partial charge in [0.2, 0.25) is 11.8 Å². The molecule has 3 heterocycles. The third kappa shape index (κ3) is 4.62. The minimum Gasteiger partial charge on any atom is -0.489 e. The van der Waals surface area contributed by atoms with Gasteiger partial charge in [-0.25, -0.2) is 0 Å². The molecule has 2 aromatic rings. The van der Waals surface area contributed by atoms with Crippen LogP contribution >= 0.6 is 0 Å². The molecule has 172 valence electrons. The van der Waals surface area contributed by atoms with E-state index in [1.54, 1.807) is 29.6 Å². The van der Waals surface area contributed by atoms with E-state index < -0.39 is 49.6 Å². The minimum atomic E-state index is -3.41. The van der Waals surface area contributed by atoms with Crippen molar-refractivity contribution >= 4 is 17.7 Å². The molecule has 1 N–H and O–H groups in total. The van der Waals surface area contributed by atoms with Crippen molar-refractivity contribution in [3.05, 3.63) is 64.7 Å². The number of rotatable bonds is 6. The van der Waals surface area contributed by atoms with Gasteiger partial charge in [-0.3, -0.25) is 24.6 Å². The van der Waals surface area contributed by atoms with E-state index in [2.05, 4.69) is 4.90 Å². The Morgan fingerprint density at radius 1 is 1.12 bits per heavy atom. The summed E-state index contributed by atoms with van der Waals surface area (Å²) in [6, 6.07) is 7.88. The van der Waals surface area contributed by atoms with Gasteiger partial charge in [-0.1, -0.05) is 30.3 Å². The van der Waals surface area contributed by atoms with Gasteiger partial charge in [-0.15, -0.1) is 0 Å². The number of imide groups is 1. The maximum absolute atomic E-state index is 13.3. The summed E-state index contributed by atoms with van der Waals surface area (Å²) in [5.41, 5.74) is 1.25. The van der Waals surface area contributed by atoms with E-state index in [4.69, 9.17) is 19.1 Å². The number of nitrogens with one attached hydrogen (secondary N) is 1. The number of hydrogen-bond acceptors (Lipinski definition) is 6. The van der Waals surface area contributed by atoms with Crippen LogP contribution in [0.15, 0.2) is 42.5 Å². The lowest BCUT2D eigenvalue weighted by atomic mass is 10.0. The van der Waals surface area contributed by atoms with Crippen molar-refractivity contribution in [1.82, 2.24) is 15.1 Å². The molecule has 0 aromatic heterocycles. The monoisotopic (exact) mass is 456 g/mol. The molecule has 2 aromatic carbocycles. The van der Waals surface area contributed by atoms with E-state index in [-0.39, 0.29) is 22.4 Å². The summed E-state index contributed by atoms with van der Waals surface area (Å²) >= 11 is 0. The Morgan fingerprint density at radius 2 is 1.88 bits per heavy atom. The summed E-state index contributed by atoms with van der Waals surface area (Å²) in [4.78, 5) is 40.8. The SMILES string of the molecule is [2H]C([2H])(Oc1cccc2c1CN([C@@]1([2H])C(=O)NC(=O)C([2H])([2H])C1([2H])[2H])C2=O)c1ccc(CN2CCOCC2)cc1. The van der Waals surface area contributed by atoms with Crippen molar-refractivity contribution < 1.29 is 33.5 Å². The topological polar surface area (TPSA) is 88.2 Å². The first-order valence-electron chi connectivity index (χ1n) is 14.1. The fourth-order valence-corrected chi connectivity index (χ4v) is 3.95. The normalized spacial score (nSPS) is 30.0. The summed E-state index contributed by atoms with van der Waals surface area (Å²) in [6.45, 7) is 0.753. The third-order valence-corrected chi connectivity index (χ3v) is 5.67. The molecule has 0 saturated carbocycles. The van der Waals surface area contributed by atoms with Crippen LogP contribution < -0.4 is 10.1 Å². The Morgan fingerprint density at radius 3 is 2.67 bits per heavy atom. The van der Waals surface area contributed by atoms with Crippen LogP contribution in [0, 0.1) is 0 Å². The fraction of sp³-hybridized carbons (Fsp3) is 0.400. The Labute approximate surface area is 202 Å². The molecule has 3 amide bonds. The first kappa shape index (κ1) is 14.8. The summed E-state index contributed by atoms with van der Waals surface area (Å²) in [5.74, 6) is -4.03. The lowest BCUT2D eigenvalue weighted by Gasteiger charge is -2.29. The smallest absolute Gasteiger partial charge is 0.255 e. The average Bonchev–Trinajstić information content (AvgIpc) is 3.25. The Balaban J connectivity index is 1.39. The molecule has 0 bridgehead atoms. The van der Waals surface area contributed by atoms with Crippen LogP contribution in [-0.2, 0) is 34.0 Å². The Kier molecular flexibility index (Phi) is 4.19. The molecular formula is C25H27N3O5. The molecule has 3 aliphatic rings. The van der Waals surface area contributed by atoms with Crippen LogP contribution in [0.4, 0.5) is 0 Å². The van der Waals surface area contributed by atoms with Crippen molar-refractivity contribution in [2.24, 2.45) is 0 Å². The number of carbonyl (C=O) groups is 3. The zero-order chi connectivity index (χ0) is 29.1. The number of ether oxygens (including phenoxy) is 2. The van der Waals surface area contributed by atoms with Crippen molar-refractivity contribution in [1.29, 1.82) is 0 Å². The molecule has 1 atom stereocenters. The molecule has 0 radical (unpaired) electrons. The number of fused-ring (bicyclic) bond motifs is 1. The number of morpholine rings is 1. The van der Waals surface area contributed by atoms with E-state index in [1.807, 2.05) is 0 Å². The van der Waals surface area contributed by atoms with Crippen molar-refractivity contribution in [2.45, 2.75) is 38.4 Å². The van der Waals surface area contributed by atoms with Crippen molar-refractivity contribution in [3.63, 3.8) is 0 Å². The first-order valence-corrected chi connectivity index (χ1v) is 10.6. The molecule has 0 aliphatic carbocycles. The van der Waals surface area contributed by atoms with E-state index in [9.17, 15) is 14.4 Å². The van der Waals surface area contributed by atoms with E-state index >= 15 is 0 Å². The van der Waals surface area contributed by atoms with Crippen LogP contribution in [-0.4, -0.2) is 59.8 Å². The zero-order valence-corrected chi connectivity index (χ0v) is 17.7. The number of amides is 3. The highest BCUT2D eigenvalue weighted by Gasteiger charge is 2.40. The number of nitrogens with zero attached hydrogens (tertiary/aromatic N) is 2. The average molecular weight is 457 g/mol. The van der Waals surface area contributed by atoms with Gasteiger partial charge in [0, 0.05) is 42.6 Å². The van der Waals surface area contributed by atoms with Crippen LogP contribution in [0.25, 0.3) is 0 Å². The van der Waals surface area contributed by atoms with Crippen LogP contribution in [0.3, 0.4) is 0 Å². The summed E-state index contributed by atoms with van der Waals surface area (Å²) in [6.07, 6.45) is -6.70. The first-order chi connectivity index (χ1) is 18.7. The number of piperidine rings is 1. The van der Waals surface area contributed by atoms with Gasteiger partial charge in [0.15, 0.2) is 0 Å². The molecule has 3 aliphatic heterocycles. The lowest BCUT2D eigenvalue weighted by molar-refractivity contribution is -0.136. The van der Waals surface area contributed by atoms with Gasteiger partial charge in [0.05, 0.1) is 23.9 Å². The predicted octanol–water partition coefficient (Wildman–Crippen LogP) is 1.86. The highest BCUT2D eigenvalue weighted by molar-refractivity contribution is 6.05. The highest BCUT2D eigenvalue weighted by Crippen LogP contribution is 2.34. The molecule has 8 heteroatoms. The van der Waals surface area contributed by atoms with Crippen LogP contribution in [0.2, 0.25) is 0 Å². The van der Waals surface area contributed by atoms with E-state index in [1.165, 1.54) is 18.2 Å². The molecule has 0 spiro atoms. The summed E-state index contributed by atoms with van der Waals surface area (Å²) in [5, 5.41) is 1.67. The molecule has 0 unspecified atom stereocenters. The molecule has 2 saturated heterocycles. The highest BCUT2D eigenvalue weighted by atomic mass is 16.5. The quantitative estimate of drug-likeness (QED) is 0.668. The lowest BCUT2D eigenvalue weighted by Crippen LogP contribution is -2.52. The minimum absolute atomic E-state index is 0.0538. The number of benzene rings is 2. The van der Waals surface area contributed by atoms with Crippen molar-refractivity contribution in [2.75, 3.05) is 26.3 Å². The maximum Gasteiger partial charge on any atom is 0.255 e. The van der Waals surface area contributed by atoms with E-state index in [0.717, 1.165) is 18.7 Å². The molecular weight excluding hydrogens is 422 g/mol. The second-order valence-electron chi connectivity index (χ2n) is 7.84. The zero-order valence-electron chi connectivity index (χ0n) is 24.7. The molecule has 33 heavy (non-hydrogen) atoms. The summed E-state index contributed by atoms with van der Waals surface area (Å²) < 4.78 is 69.2. The Bertz CT molecular complexity index is 1370. The van der Waals surface area contributed by atoms with Crippen LogP contribution in [0.5, 0.6) is 5.75 Å². The number of hydrogen-bond donors (Lipinski definition) is 1. The Hall–Kier alpha value is -3.23. The largest absolute Gasteiger partial charge is 0.489 e. The second-order valence-corrected chi connectivity index (χ2v) is 7.84. The maximum atomic E-state index is 13.3. The third-order valence-electron chi connectivity index (χ3n) is 5.67. The van der Waals surface area contributed by atoms with E-state index in [0.29, 0.717) is 24.7 Å².